The van der Waals surface area contributed by atoms with Crippen LogP contribution in [0.2, 0.25) is 0 Å². The summed E-state index contributed by atoms with van der Waals surface area (Å²) in [5, 5.41) is 3.15. The average molecular weight is 485 g/mol. The number of benzene rings is 2. The molecular weight excluding hydrogens is 462 g/mol. The lowest BCUT2D eigenvalue weighted by Crippen LogP contribution is -2.12. The molecule has 0 atom stereocenters. The van der Waals surface area contributed by atoms with Gasteiger partial charge < -0.3 is 19.5 Å². The summed E-state index contributed by atoms with van der Waals surface area (Å²) in [6.07, 6.45) is -3.11. The van der Waals surface area contributed by atoms with Crippen LogP contribution in [0.15, 0.2) is 61.4 Å². The molecule has 6 nitrogen and oxygen atoms in total. The number of aryl methyl sites for hydroxylation is 1. The first kappa shape index (κ1) is 24.2. The van der Waals surface area contributed by atoms with E-state index in [9.17, 15) is 13.2 Å². The minimum atomic E-state index is -4.47. The normalized spacial score (nSPS) is 11.8. The molecule has 35 heavy (non-hydrogen) atoms. The molecule has 10 heteroatoms. The number of rotatable bonds is 7. The van der Waals surface area contributed by atoms with Gasteiger partial charge in [0.15, 0.2) is 11.6 Å². The first-order valence-corrected chi connectivity index (χ1v) is 10.6. The van der Waals surface area contributed by atoms with Gasteiger partial charge in [0.2, 0.25) is 5.88 Å². The molecule has 0 amide bonds. The number of aromatic nitrogens is 3. The Morgan fingerprint density at radius 2 is 1.89 bits per heavy atom. The molecule has 0 saturated carbocycles. The Morgan fingerprint density at radius 3 is 2.60 bits per heavy atom. The van der Waals surface area contributed by atoms with E-state index >= 15 is 4.39 Å². The number of nitrogens with zero attached hydrogens (tertiary/aromatic N) is 4. The maximum absolute atomic E-state index is 15.4. The second-order valence-corrected chi connectivity index (χ2v) is 8.27. The Labute approximate surface area is 199 Å². The van der Waals surface area contributed by atoms with Crippen LogP contribution in [0.25, 0.3) is 16.7 Å². The van der Waals surface area contributed by atoms with Gasteiger partial charge >= 0.3 is 6.18 Å². The summed E-state index contributed by atoms with van der Waals surface area (Å²) in [5.41, 5.74) is 1.27. The minimum Gasteiger partial charge on any atom is -0.436 e. The van der Waals surface area contributed by atoms with Gasteiger partial charge in [-0.05, 0) is 57.4 Å². The van der Waals surface area contributed by atoms with Crippen molar-refractivity contribution in [2.24, 2.45) is 0 Å². The van der Waals surface area contributed by atoms with Gasteiger partial charge in [0.05, 0.1) is 16.8 Å². The summed E-state index contributed by atoms with van der Waals surface area (Å²) in [6, 6.07) is 11.2. The minimum absolute atomic E-state index is 0.0133. The van der Waals surface area contributed by atoms with Crippen molar-refractivity contribution in [2.45, 2.75) is 19.6 Å². The van der Waals surface area contributed by atoms with Gasteiger partial charge in [-0.2, -0.15) is 13.2 Å². The highest BCUT2D eigenvalue weighted by Crippen LogP contribution is 2.34. The van der Waals surface area contributed by atoms with Gasteiger partial charge in [-0.1, -0.05) is 12.6 Å². The van der Waals surface area contributed by atoms with Crippen LogP contribution in [0, 0.1) is 12.7 Å². The fourth-order valence-electron chi connectivity index (χ4n) is 3.75. The Kier molecular flexibility index (Phi) is 6.49. The molecular formula is C25H23F4N5O. The summed E-state index contributed by atoms with van der Waals surface area (Å²) in [7, 11) is 3.80. The molecule has 0 radical (unpaired) electrons. The first-order chi connectivity index (χ1) is 16.5. The number of ether oxygens (including phenoxy) is 1. The zero-order chi connectivity index (χ0) is 25.3. The molecule has 4 rings (SSSR count). The van der Waals surface area contributed by atoms with E-state index in [0.29, 0.717) is 17.8 Å². The highest BCUT2D eigenvalue weighted by atomic mass is 19.4. The fraction of sp³-hybridized carbons (Fsp3) is 0.200. The number of fused-ring (bicyclic) bond motifs is 1. The van der Waals surface area contributed by atoms with Crippen molar-refractivity contribution in [1.29, 1.82) is 0 Å². The van der Waals surface area contributed by atoms with Crippen molar-refractivity contribution in [3.05, 3.63) is 84.2 Å². The molecule has 0 aliphatic rings. The van der Waals surface area contributed by atoms with E-state index in [0.717, 1.165) is 17.8 Å². The van der Waals surface area contributed by atoms with Crippen LogP contribution in [-0.4, -0.2) is 33.5 Å². The topological polar surface area (TPSA) is 55.2 Å². The van der Waals surface area contributed by atoms with Gasteiger partial charge in [0.1, 0.15) is 12.1 Å². The molecule has 0 spiro atoms. The molecule has 0 aliphatic heterocycles. The largest absolute Gasteiger partial charge is 0.436 e. The smallest absolute Gasteiger partial charge is 0.416 e. The lowest BCUT2D eigenvalue weighted by molar-refractivity contribution is -0.137. The highest BCUT2D eigenvalue weighted by Gasteiger charge is 2.30. The molecule has 2 aromatic heterocycles. The molecule has 2 heterocycles. The van der Waals surface area contributed by atoms with Gasteiger partial charge in [-0.25, -0.2) is 14.4 Å². The number of alkyl halides is 3. The van der Waals surface area contributed by atoms with E-state index in [2.05, 4.69) is 21.9 Å². The Balaban J connectivity index is 1.62. The Bertz CT molecular complexity index is 1390. The quantitative estimate of drug-likeness (QED) is 0.312. The second kappa shape index (κ2) is 9.38. The monoisotopic (exact) mass is 485 g/mol. The molecule has 0 saturated heterocycles. The van der Waals surface area contributed by atoms with Gasteiger partial charge in [-0.3, -0.25) is 0 Å². The van der Waals surface area contributed by atoms with Gasteiger partial charge in [-0.15, -0.1) is 0 Å². The van der Waals surface area contributed by atoms with Crippen molar-refractivity contribution in [3.63, 3.8) is 0 Å². The van der Waals surface area contributed by atoms with Gasteiger partial charge in [0, 0.05) is 29.4 Å². The standard InChI is InChI=1S/C25H23F4N5O/c1-15-10-20-21(34(15)16(2)32-18-7-5-6-17(11-18)25(27,28)29)8-9-22(24(20)26)35-23-12-19(13-33(3)4)30-14-31-23/h5-12,14,32H,2,13H2,1,3-4H3. The average Bonchev–Trinajstić information content (AvgIpc) is 3.12. The predicted octanol–water partition coefficient (Wildman–Crippen LogP) is 6.29. The molecule has 0 fully saturated rings. The molecule has 0 unspecified atom stereocenters. The lowest BCUT2D eigenvalue weighted by atomic mass is 10.2. The summed E-state index contributed by atoms with van der Waals surface area (Å²) in [4.78, 5) is 10.2. The van der Waals surface area contributed by atoms with Crippen LogP contribution in [0.5, 0.6) is 11.6 Å². The molecule has 182 valence electrons. The number of hydrogen-bond acceptors (Lipinski definition) is 5. The summed E-state index contributed by atoms with van der Waals surface area (Å²) >= 11 is 0. The zero-order valence-corrected chi connectivity index (χ0v) is 19.3. The van der Waals surface area contributed by atoms with Crippen molar-refractivity contribution in [3.8, 4) is 11.6 Å². The van der Waals surface area contributed by atoms with E-state index in [1.165, 1.54) is 24.5 Å². The van der Waals surface area contributed by atoms with Crippen LogP contribution < -0.4 is 10.1 Å². The van der Waals surface area contributed by atoms with Crippen LogP contribution >= 0.6 is 0 Å². The fourth-order valence-corrected chi connectivity index (χ4v) is 3.75. The maximum Gasteiger partial charge on any atom is 0.416 e. The summed E-state index contributed by atoms with van der Waals surface area (Å²) in [6.45, 7) is 6.26. The zero-order valence-electron chi connectivity index (χ0n) is 19.3. The number of hydrogen-bond donors (Lipinski definition) is 1. The Morgan fingerprint density at radius 1 is 1.11 bits per heavy atom. The summed E-state index contributed by atoms with van der Waals surface area (Å²) < 4.78 is 61.8. The van der Waals surface area contributed by atoms with Crippen LogP contribution in [0.1, 0.15) is 17.0 Å². The highest BCUT2D eigenvalue weighted by molar-refractivity contribution is 5.88. The van der Waals surface area contributed by atoms with Crippen molar-refractivity contribution in [1.82, 2.24) is 19.4 Å². The molecule has 1 N–H and O–H groups in total. The molecule has 0 bridgehead atoms. The third-order valence-electron chi connectivity index (χ3n) is 5.21. The Hall–Kier alpha value is -3.92. The van der Waals surface area contributed by atoms with E-state index in [4.69, 9.17) is 4.74 Å². The number of nitrogens with one attached hydrogen (secondary N) is 1. The summed E-state index contributed by atoms with van der Waals surface area (Å²) in [5.74, 6) is -0.125. The van der Waals surface area contributed by atoms with Gasteiger partial charge in [0.25, 0.3) is 0 Å². The third kappa shape index (κ3) is 5.27. The lowest BCUT2D eigenvalue weighted by Gasteiger charge is -2.16. The van der Waals surface area contributed by atoms with E-state index in [-0.39, 0.29) is 28.5 Å². The third-order valence-corrected chi connectivity index (χ3v) is 5.21. The predicted molar refractivity (Wildman–Crippen MR) is 127 cm³/mol. The molecule has 2 aromatic carbocycles. The van der Waals surface area contributed by atoms with Crippen molar-refractivity contribution < 1.29 is 22.3 Å². The van der Waals surface area contributed by atoms with Crippen molar-refractivity contribution >= 4 is 22.4 Å². The number of anilines is 1. The second-order valence-electron chi connectivity index (χ2n) is 8.27. The van der Waals surface area contributed by atoms with Crippen LogP contribution in [0.4, 0.5) is 23.2 Å². The maximum atomic E-state index is 15.4. The molecule has 4 aromatic rings. The SMILES string of the molecule is C=C(Nc1cccc(C(F)(F)F)c1)n1c(C)cc2c(F)c(Oc3cc(CN(C)C)ncn3)ccc21. The number of halogens is 4. The van der Waals surface area contributed by atoms with Crippen molar-refractivity contribution in [2.75, 3.05) is 19.4 Å². The molecule has 0 aliphatic carbocycles. The van der Waals surface area contributed by atoms with E-state index in [1.807, 2.05) is 19.0 Å². The van der Waals surface area contributed by atoms with Crippen LogP contribution in [-0.2, 0) is 12.7 Å². The van der Waals surface area contributed by atoms with E-state index < -0.39 is 17.6 Å². The van der Waals surface area contributed by atoms with E-state index in [1.54, 1.807) is 29.7 Å². The first-order valence-electron chi connectivity index (χ1n) is 10.6. The van der Waals surface area contributed by atoms with Crippen LogP contribution in [0.3, 0.4) is 0 Å².